The molecule has 2 aromatic carbocycles. The minimum absolute atomic E-state index is 0.0303. The van der Waals surface area contributed by atoms with Crippen molar-refractivity contribution in [3.05, 3.63) is 46.5 Å². The summed E-state index contributed by atoms with van der Waals surface area (Å²) in [5.41, 5.74) is -0.0303. The van der Waals surface area contributed by atoms with Crippen LogP contribution in [-0.2, 0) is 11.4 Å². The molecule has 1 unspecified atom stereocenters. The third-order valence-electron chi connectivity index (χ3n) is 2.19. The highest BCUT2D eigenvalue weighted by atomic mass is 32.2. The van der Waals surface area contributed by atoms with Crippen LogP contribution in [0.5, 0.6) is 5.75 Å². The van der Waals surface area contributed by atoms with E-state index in [0.717, 1.165) is 0 Å². The fourth-order valence-corrected chi connectivity index (χ4v) is 1.80. The summed E-state index contributed by atoms with van der Waals surface area (Å²) in [5.74, 6) is 0.117. The van der Waals surface area contributed by atoms with Crippen LogP contribution in [0.3, 0.4) is 0 Å². The molecular formula is C10H6NO5S-. The highest BCUT2D eigenvalue weighted by Gasteiger charge is 2.11. The molecule has 1 atom stereocenters. The molecule has 0 N–H and O–H groups in total. The first-order valence-electron chi connectivity index (χ1n) is 4.52. The Balaban J connectivity index is 2.56. The molecule has 0 saturated carbocycles. The molecule has 0 heterocycles. The number of non-ortho nitro benzene ring substituents is 1. The number of fused-ring (bicyclic) bond motifs is 1. The SMILES string of the molecule is O=[N+]([O-])c1cccc2cc(OS(=O)[O-])ccc12. The van der Waals surface area contributed by atoms with Gasteiger partial charge in [0.1, 0.15) is 17.1 Å². The maximum absolute atomic E-state index is 10.8. The summed E-state index contributed by atoms with van der Waals surface area (Å²) in [5, 5.41) is 11.7. The van der Waals surface area contributed by atoms with Crippen molar-refractivity contribution >= 4 is 27.8 Å². The van der Waals surface area contributed by atoms with E-state index in [9.17, 15) is 18.9 Å². The number of hydrogen-bond acceptors (Lipinski definition) is 5. The van der Waals surface area contributed by atoms with E-state index in [-0.39, 0.29) is 11.4 Å². The summed E-state index contributed by atoms with van der Waals surface area (Å²) < 4.78 is 25.2. The summed E-state index contributed by atoms with van der Waals surface area (Å²) in [6.07, 6.45) is 0. The van der Waals surface area contributed by atoms with Gasteiger partial charge in [0.05, 0.1) is 10.3 Å². The minimum atomic E-state index is -2.66. The number of nitro benzene ring substituents is 1. The van der Waals surface area contributed by atoms with Gasteiger partial charge in [-0.25, -0.2) is 4.21 Å². The van der Waals surface area contributed by atoms with Crippen molar-refractivity contribution in [2.24, 2.45) is 0 Å². The molecule has 7 heteroatoms. The fraction of sp³-hybridized carbons (Fsp3) is 0. The van der Waals surface area contributed by atoms with Gasteiger partial charge in [0.25, 0.3) is 5.69 Å². The molecule has 0 bridgehead atoms. The summed E-state index contributed by atoms with van der Waals surface area (Å²) in [6, 6.07) is 8.80. The molecule has 88 valence electrons. The highest BCUT2D eigenvalue weighted by molar-refractivity contribution is 7.74. The van der Waals surface area contributed by atoms with E-state index in [4.69, 9.17) is 0 Å². The van der Waals surface area contributed by atoms with E-state index in [0.29, 0.717) is 10.8 Å². The van der Waals surface area contributed by atoms with E-state index >= 15 is 0 Å². The molecule has 17 heavy (non-hydrogen) atoms. The van der Waals surface area contributed by atoms with E-state index in [1.165, 1.54) is 30.3 Å². The summed E-state index contributed by atoms with van der Waals surface area (Å²) in [7, 11) is 0. The second-order valence-corrected chi connectivity index (χ2v) is 3.78. The number of nitro groups is 1. The molecule has 2 rings (SSSR count). The number of nitrogens with zero attached hydrogens (tertiary/aromatic N) is 1. The van der Waals surface area contributed by atoms with Crippen LogP contribution in [0, 0.1) is 10.1 Å². The first kappa shape index (κ1) is 11.5. The van der Waals surface area contributed by atoms with Gasteiger partial charge in [-0.05, 0) is 23.6 Å². The zero-order valence-electron chi connectivity index (χ0n) is 8.36. The molecule has 2 aromatic rings. The van der Waals surface area contributed by atoms with Crippen molar-refractivity contribution in [3.63, 3.8) is 0 Å². The molecule has 0 radical (unpaired) electrons. The van der Waals surface area contributed by atoms with E-state index in [2.05, 4.69) is 4.18 Å². The van der Waals surface area contributed by atoms with Crippen molar-refractivity contribution in [1.82, 2.24) is 0 Å². The molecule has 6 nitrogen and oxygen atoms in total. The van der Waals surface area contributed by atoms with Gasteiger partial charge in [-0.3, -0.25) is 10.1 Å². The van der Waals surface area contributed by atoms with Gasteiger partial charge in [0, 0.05) is 6.07 Å². The monoisotopic (exact) mass is 252 g/mol. The van der Waals surface area contributed by atoms with Gasteiger partial charge in [-0.15, -0.1) is 0 Å². The predicted octanol–water partition coefficient (Wildman–Crippen LogP) is 1.92. The van der Waals surface area contributed by atoms with Gasteiger partial charge in [-0.2, -0.15) is 0 Å². The van der Waals surface area contributed by atoms with Crippen LogP contribution < -0.4 is 4.18 Å². The lowest BCUT2D eigenvalue weighted by Gasteiger charge is -2.07. The standard InChI is InChI=1S/C10H7NO5S/c12-11(13)10-3-1-2-7-6-8(16-17(14)15)4-5-9(7)10/h1-6H,(H,14,15)/p-1. The molecular weight excluding hydrogens is 246 g/mol. The summed E-state index contributed by atoms with van der Waals surface area (Å²) in [4.78, 5) is 10.3. The fourth-order valence-electron chi connectivity index (χ4n) is 1.53. The lowest BCUT2D eigenvalue weighted by molar-refractivity contribution is -0.383. The van der Waals surface area contributed by atoms with E-state index in [1.54, 1.807) is 6.07 Å². The normalized spacial score (nSPS) is 12.3. The molecule has 0 saturated heterocycles. The third kappa shape index (κ3) is 2.40. The van der Waals surface area contributed by atoms with E-state index < -0.39 is 16.3 Å². The zero-order chi connectivity index (χ0) is 12.4. The van der Waals surface area contributed by atoms with Gasteiger partial charge >= 0.3 is 0 Å². The van der Waals surface area contributed by atoms with Gasteiger partial charge < -0.3 is 8.74 Å². The molecule has 0 amide bonds. The first-order valence-corrected chi connectivity index (χ1v) is 5.52. The smallest absolute Gasteiger partial charge is 0.277 e. The Morgan fingerprint density at radius 2 is 2.00 bits per heavy atom. The Hall–Kier alpha value is -1.99. The van der Waals surface area contributed by atoms with Crippen molar-refractivity contribution in [2.75, 3.05) is 0 Å². The topological polar surface area (TPSA) is 92.5 Å². The lowest BCUT2D eigenvalue weighted by Crippen LogP contribution is -1.97. The van der Waals surface area contributed by atoms with Crippen LogP contribution in [-0.4, -0.2) is 13.7 Å². The van der Waals surface area contributed by atoms with E-state index in [1.807, 2.05) is 0 Å². The molecule has 0 aliphatic rings. The summed E-state index contributed by atoms with van der Waals surface area (Å²) >= 11 is -2.66. The maximum Gasteiger partial charge on any atom is 0.277 e. The lowest BCUT2D eigenvalue weighted by atomic mass is 10.1. The quantitative estimate of drug-likeness (QED) is 0.472. The average molecular weight is 252 g/mol. The minimum Gasteiger partial charge on any atom is -0.740 e. The van der Waals surface area contributed by atoms with Crippen molar-refractivity contribution in [2.45, 2.75) is 0 Å². The predicted molar refractivity (Wildman–Crippen MR) is 60.2 cm³/mol. The summed E-state index contributed by atoms with van der Waals surface area (Å²) in [6.45, 7) is 0. The van der Waals surface area contributed by atoms with Crippen LogP contribution in [0.1, 0.15) is 0 Å². The number of hydrogen-bond donors (Lipinski definition) is 0. The Labute approximate surface area is 98.5 Å². The highest BCUT2D eigenvalue weighted by Crippen LogP contribution is 2.28. The van der Waals surface area contributed by atoms with Gasteiger partial charge in [0.2, 0.25) is 0 Å². The second kappa shape index (κ2) is 4.48. The molecule has 0 aliphatic carbocycles. The molecule has 0 aromatic heterocycles. The average Bonchev–Trinajstić information content (AvgIpc) is 2.26. The Morgan fingerprint density at radius 3 is 2.65 bits per heavy atom. The van der Waals surface area contributed by atoms with Crippen LogP contribution in [0.15, 0.2) is 36.4 Å². The molecule has 0 spiro atoms. The van der Waals surface area contributed by atoms with Gasteiger partial charge in [0.15, 0.2) is 0 Å². The van der Waals surface area contributed by atoms with Crippen LogP contribution in [0.25, 0.3) is 10.8 Å². The first-order chi connectivity index (χ1) is 8.08. The van der Waals surface area contributed by atoms with Crippen molar-refractivity contribution in [1.29, 1.82) is 0 Å². The third-order valence-corrected chi connectivity index (χ3v) is 2.52. The Morgan fingerprint density at radius 1 is 1.24 bits per heavy atom. The number of rotatable bonds is 3. The molecule has 0 fully saturated rings. The number of benzene rings is 2. The van der Waals surface area contributed by atoms with Crippen molar-refractivity contribution in [3.8, 4) is 5.75 Å². The van der Waals surface area contributed by atoms with Crippen LogP contribution in [0.2, 0.25) is 0 Å². The van der Waals surface area contributed by atoms with Crippen LogP contribution >= 0.6 is 0 Å². The second-order valence-electron chi connectivity index (χ2n) is 3.20. The van der Waals surface area contributed by atoms with Crippen LogP contribution in [0.4, 0.5) is 5.69 Å². The van der Waals surface area contributed by atoms with Crippen molar-refractivity contribution < 1.29 is 17.9 Å². The molecule has 0 aliphatic heterocycles. The zero-order valence-corrected chi connectivity index (χ0v) is 9.18. The van der Waals surface area contributed by atoms with Gasteiger partial charge in [-0.1, -0.05) is 12.1 Å². The Kier molecular flexibility index (Phi) is 3.03. The maximum atomic E-state index is 10.8. The Bertz CT molecular complexity index is 613. The largest absolute Gasteiger partial charge is 0.740 e.